The van der Waals surface area contributed by atoms with Crippen LogP contribution in [0.3, 0.4) is 0 Å². The summed E-state index contributed by atoms with van der Waals surface area (Å²) in [7, 11) is 2.07. The maximum atomic E-state index is 12.3. The molecule has 1 N–H and O–H groups in total. The third kappa shape index (κ3) is 2.67. The maximum absolute atomic E-state index is 12.3. The first kappa shape index (κ1) is 13.4. The molecule has 1 amide bonds. The smallest absolute Gasteiger partial charge is 0.254 e. The molecule has 1 aromatic rings. The Bertz CT molecular complexity index is 464. The van der Waals surface area contributed by atoms with Crippen LogP contribution in [0.1, 0.15) is 17.3 Å². The van der Waals surface area contributed by atoms with Crippen molar-refractivity contribution in [2.75, 3.05) is 26.7 Å². The molecule has 0 aliphatic carbocycles. The van der Waals surface area contributed by atoms with E-state index >= 15 is 0 Å². The van der Waals surface area contributed by atoms with Crippen molar-refractivity contribution in [2.45, 2.75) is 13.0 Å². The fourth-order valence-electron chi connectivity index (χ4n) is 2.06. The zero-order valence-corrected chi connectivity index (χ0v) is 12.1. The minimum absolute atomic E-state index is 0.0160. The fourth-order valence-corrected chi connectivity index (χ4v) is 2.31. The molecule has 4 nitrogen and oxygen atoms in total. The van der Waals surface area contributed by atoms with Crippen LogP contribution >= 0.6 is 15.9 Å². The van der Waals surface area contributed by atoms with Crippen molar-refractivity contribution in [3.05, 3.63) is 28.2 Å². The third-order valence-electron chi connectivity index (χ3n) is 3.44. The molecule has 98 valence electrons. The molecule has 0 saturated carbocycles. The van der Waals surface area contributed by atoms with Gasteiger partial charge in [0, 0.05) is 31.2 Å². The van der Waals surface area contributed by atoms with E-state index in [1.165, 1.54) is 6.07 Å². The number of likely N-dealkylation sites (N-methyl/N-ethyl adjacent to an activating group) is 1. The van der Waals surface area contributed by atoms with Gasteiger partial charge in [-0.05, 0) is 48.1 Å². The predicted octanol–water partition coefficient (Wildman–Crippen LogP) is 1.93. The van der Waals surface area contributed by atoms with Gasteiger partial charge in [0.1, 0.15) is 5.75 Å². The lowest BCUT2D eigenvalue weighted by atomic mass is 10.1. The number of amides is 1. The fraction of sp³-hybridized carbons (Fsp3) is 0.462. The minimum Gasteiger partial charge on any atom is -0.507 e. The molecule has 1 heterocycles. The van der Waals surface area contributed by atoms with E-state index in [2.05, 4.69) is 34.8 Å². The molecular formula is C13H17BrN2O2. The number of halogens is 1. The van der Waals surface area contributed by atoms with Gasteiger partial charge in [-0.3, -0.25) is 4.79 Å². The normalized spacial score (nSPS) is 21.1. The molecule has 1 saturated heterocycles. The van der Waals surface area contributed by atoms with Gasteiger partial charge in [0.15, 0.2) is 0 Å². The zero-order chi connectivity index (χ0) is 13.3. The SMILES string of the molecule is CC1CN(C(=O)c2ccc(Br)c(O)c2)CCN1C. The quantitative estimate of drug-likeness (QED) is 0.861. The summed E-state index contributed by atoms with van der Waals surface area (Å²) >= 11 is 3.21. The van der Waals surface area contributed by atoms with Crippen LogP contribution in [-0.4, -0.2) is 53.5 Å². The van der Waals surface area contributed by atoms with Crippen molar-refractivity contribution < 1.29 is 9.90 Å². The Morgan fingerprint density at radius 3 is 2.78 bits per heavy atom. The molecule has 5 heteroatoms. The molecule has 0 aromatic heterocycles. The van der Waals surface area contributed by atoms with Gasteiger partial charge in [-0.1, -0.05) is 0 Å². The monoisotopic (exact) mass is 312 g/mol. The summed E-state index contributed by atoms with van der Waals surface area (Å²) in [5.41, 5.74) is 0.535. The number of benzene rings is 1. The Hall–Kier alpha value is -1.07. The Balaban J connectivity index is 2.14. The van der Waals surface area contributed by atoms with E-state index < -0.39 is 0 Å². The van der Waals surface area contributed by atoms with Crippen molar-refractivity contribution in [1.82, 2.24) is 9.80 Å². The molecule has 1 aliphatic heterocycles. The standard InChI is InChI=1S/C13H17BrN2O2/c1-9-8-16(6-5-15(9)2)13(18)10-3-4-11(14)12(17)7-10/h3-4,7,9,17H,5-6,8H2,1-2H3. The number of hydrogen-bond donors (Lipinski definition) is 1. The number of piperazine rings is 1. The number of aromatic hydroxyl groups is 1. The highest BCUT2D eigenvalue weighted by molar-refractivity contribution is 9.10. The van der Waals surface area contributed by atoms with Crippen molar-refractivity contribution in [3.63, 3.8) is 0 Å². The maximum Gasteiger partial charge on any atom is 0.254 e. The Labute approximate surface area is 115 Å². The van der Waals surface area contributed by atoms with Crippen LogP contribution in [0.5, 0.6) is 5.75 Å². The van der Waals surface area contributed by atoms with Crippen LogP contribution in [0.15, 0.2) is 22.7 Å². The van der Waals surface area contributed by atoms with Crippen molar-refractivity contribution in [2.24, 2.45) is 0 Å². The highest BCUT2D eigenvalue weighted by Gasteiger charge is 2.25. The summed E-state index contributed by atoms with van der Waals surface area (Å²) in [4.78, 5) is 16.4. The van der Waals surface area contributed by atoms with E-state index in [-0.39, 0.29) is 11.7 Å². The van der Waals surface area contributed by atoms with Gasteiger partial charge in [0.2, 0.25) is 0 Å². The summed E-state index contributed by atoms with van der Waals surface area (Å²) in [6.45, 7) is 4.45. The van der Waals surface area contributed by atoms with Crippen LogP contribution in [0.4, 0.5) is 0 Å². The molecule has 1 fully saturated rings. The zero-order valence-electron chi connectivity index (χ0n) is 10.6. The van der Waals surface area contributed by atoms with E-state index in [9.17, 15) is 9.90 Å². The molecule has 0 spiro atoms. The largest absolute Gasteiger partial charge is 0.507 e. The Kier molecular flexibility index (Phi) is 3.92. The lowest BCUT2D eigenvalue weighted by Gasteiger charge is -2.37. The third-order valence-corrected chi connectivity index (χ3v) is 4.11. The summed E-state index contributed by atoms with van der Waals surface area (Å²) in [6, 6.07) is 5.30. The first-order chi connectivity index (χ1) is 8.49. The molecule has 0 bridgehead atoms. The molecule has 2 rings (SSSR count). The summed E-state index contributed by atoms with van der Waals surface area (Å²) in [5.74, 6) is 0.0841. The number of phenols is 1. The lowest BCUT2D eigenvalue weighted by Crippen LogP contribution is -2.52. The minimum atomic E-state index is -0.0160. The second-order valence-corrected chi connectivity index (χ2v) is 5.60. The Morgan fingerprint density at radius 1 is 1.44 bits per heavy atom. The average molecular weight is 313 g/mol. The van der Waals surface area contributed by atoms with E-state index in [4.69, 9.17) is 0 Å². The van der Waals surface area contributed by atoms with Gasteiger partial charge in [-0.25, -0.2) is 0 Å². The van der Waals surface area contributed by atoms with Gasteiger partial charge in [0.05, 0.1) is 4.47 Å². The molecular weight excluding hydrogens is 296 g/mol. The van der Waals surface area contributed by atoms with Gasteiger partial charge in [-0.15, -0.1) is 0 Å². The topological polar surface area (TPSA) is 43.8 Å². The summed E-state index contributed by atoms with van der Waals surface area (Å²) in [6.07, 6.45) is 0. The van der Waals surface area contributed by atoms with Crippen LogP contribution in [0, 0.1) is 0 Å². The summed E-state index contributed by atoms with van der Waals surface area (Å²) in [5, 5.41) is 9.62. The number of hydrogen-bond acceptors (Lipinski definition) is 3. The molecule has 1 unspecified atom stereocenters. The highest BCUT2D eigenvalue weighted by Crippen LogP contribution is 2.25. The number of rotatable bonds is 1. The van der Waals surface area contributed by atoms with E-state index in [0.717, 1.165) is 19.6 Å². The van der Waals surface area contributed by atoms with Gasteiger partial charge >= 0.3 is 0 Å². The average Bonchev–Trinajstić information content (AvgIpc) is 2.35. The number of carbonyl (C=O) groups excluding carboxylic acids is 1. The summed E-state index contributed by atoms with van der Waals surface area (Å²) < 4.78 is 0.603. The molecule has 1 aromatic carbocycles. The highest BCUT2D eigenvalue weighted by atomic mass is 79.9. The molecule has 0 radical (unpaired) electrons. The second-order valence-electron chi connectivity index (χ2n) is 4.75. The number of phenolic OH excluding ortho intramolecular Hbond substituents is 1. The number of carbonyl (C=O) groups is 1. The van der Waals surface area contributed by atoms with Crippen molar-refractivity contribution in [3.8, 4) is 5.75 Å². The van der Waals surface area contributed by atoms with Crippen molar-refractivity contribution >= 4 is 21.8 Å². The predicted molar refractivity (Wildman–Crippen MR) is 73.8 cm³/mol. The second kappa shape index (κ2) is 5.28. The first-order valence-electron chi connectivity index (χ1n) is 5.97. The van der Waals surface area contributed by atoms with Crippen LogP contribution < -0.4 is 0 Å². The van der Waals surface area contributed by atoms with E-state index in [1.54, 1.807) is 12.1 Å². The van der Waals surface area contributed by atoms with Crippen LogP contribution in [-0.2, 0) is 0 Å². The van der Waals surface area contributed by atoms with Crippen molar-refractivity contribution in [1.29, 1.82) is 0 Å². The number of nitrogens with zero attached hydrogens (tertiary/aromatic N) is 2. The molecule has 18 heavy (non-hydrogen) atoms. The van der Waals surface area contributed by atoms with Gasteiger partial charge < -0.3 is 14.9 Å². The van der Waals surface area contributed by atoms with E-state index in [1.807, 2.05) is 4.90 Å². The Morgan fingerprint density at radius 2 is 2.17 bits per heavy atom. The first-order valence-corrected chi connectivity index (χ1v) is 6.76. The van der Waals surface area contributed by atoms with Crippen LogP contribution in [0.25, 0.3) is 0 Å². The van der Waals surface area contributed by atoms with E-state index in [0.29, 0.717) is 16.1 Å². The molecule has 1 atom stereocenters. The molecule has 1 aliphatic rings. The van der Waals surface area contributed by atoms with Crippen LogP contribution in [0.2, 0.25) is 0 Å². The van der Waals surface area contributed by atoms with Gasteiger partial charge in [0.25, 0.3) is 5.91 Å². The van der Waals surface area contributed by atoms with Gasteiger partial charge in [-0.2, -0.15) is 0 Å². The lowest BCUT2D eigenvalue weighted by molar-refractivity contribution is 0.0572.